The third-order valence-electron chi connectivity index (χ3n) is 2.70. The van der Waals surface area contributed by atoms with Gasteiger partial charge in [0, 0.05) is 11.4 Å². The van der Waals surface area contributed by atoms with Crippen LogP contribution in [0.5, 0.6) is 5.75 Å². The Balaban J connectivity index is 2.99. The molecule has 0 aromatic heterocycles. The Labute approximate surface area is 139 Å². The van der Waals surface area contributed by atoms with Crippen molar-refractivity contribution in [2.75, 3.05) is 6.61 Å². The second-order valence-electron chi connectivity index (χ2n) is 5.76. The Morgan fingerprint density at radius 1 is 1.21 bits per heavy atom. The summed E-state index contributed by atoms with van der Waals surface area (Å²) >= 11 is -1.70. The molecule has 0 aliphatic heterocycles. The predicted octanol–water partition coefficient (Wildman–Crippen LogP) is 3.92. The van der Waals surface area contributed by atoms with Gasteiger partial charge in [-0.15, -0.1) is 17.9 Å². The largest absolute Gasteiger partial charge is 0.598 e. The van der Waals surface area contributed by atoms with Crippen molar-refractivity contribution in [1.82, 2.24) is 4.72 Å². The van der Waals surface area contributed by atoms with Crippen molar-refractivity contribution in [2.24, 2.45) is 0 Å². The quantitative estimate of drug-likeness (QED) is 0.580. The van der Waals surface area contributed by atoms with Crippen LogP contribution in [0.2, 0.25) is 0 Å². The molecule has 0 amide bonds. The first-order valence-electron chi connectivity index (χ1n) is 6.82. The molecule has 2 atom stereocenters. The molecular formula is C14H18F5NO3S. The van der Waals surface area contributed by atoms with Gasteiger partial charge in [-0.3, -0.25) is 4.74 Å². The van der Waals surface area contributed by atoms with E-state index in [0.29, 0.717) is 0 Å². The van der Waals surface area contributed by atoms with Gasteiger partial charge in [-0.2, -0.15) is 8.78 Å². The maximum Gasteiger partial charge on any atom is 0.522 e. The van der Waals surface area contributed by atoms with Crippen LogP contribution in [0.3, 0.4) is 0 Å². The number of rotatable bonds is 7. The molecule has 0 unspecified atom stereocenters. The molecule has 0 aliphatic rings. The van der Waals surface area contributed by atoms with Crippen molar-refractivity contribution in [3.63, 3.8) is 0 Å². The Bertz CT molecular complexity index is 522. The number of benzene rings is 1. The highest BCUT2D eigenvalue weighted by molar-refractivity contribution is 7.90. The molecule has 0 fully saturated rings. The average Bonchev–Trinajstić information content (AvgIpc) is 2.40. The summed E-state index contributed by atoms with van der Waals surface area (Å²) in [6.45, 7) is 0.960. The monoisotopic (exact) mass is 375 g/mol. The zero-order valence-corrected chi connectivity index (χ0v) is 14.0. The van der Waals surface area contributed by atoms with Crippen LogP contribution in [-0.4, -0.2) is 28.9 Å². The topological polar surface area (TPSA) is 53.5 Å². The molecule has 0 saturated heterocycles. The lowest BCUT2D eigenvalue weighted by molar-refractivity contribution is -0.326. The van der Waals surface area contributed by atoms with Crippen LogP contribution >= 0.6 is 0 Å². The lowest BCUT2D eigenvalue weighted by Gasteiger charge is -2.28. The molecular weight excluding hydrogens is 357 g/mol. The lowest BCUT2D eigenvalue weighted by atomic mass is 10.1. The number of ether oxygens (including phenoxy) is 2. The Morgan fingerprint density at radius 2 is 1.83 bits per heavy atom. The molecule has 0 saturated carbocycles. The summed E-state index contributed by atoms with van der Waals surface area (Å²) in [5.41, 5.74) is 0.176. The molecule has 10 heteroatoms. The third kappa shape index (κ3) is 7.65. The number of hydrogen-bond donors (Lipinski definition) is 1. The van der Waals surface area contributed by atoms with E-state index in [1.54, 1.807) is 20.8 Å². The molecule has 0 spiro atoms. The van der Waals surface area contributed by atoms with Gasteiger partial charge in [-0.05, 0) is 38.5 Å². The van der Waals surface area contributed by atoms with Crippen molar-refractivity contribution in [1.29, 1.82) is 0 Å². The number of nitrogens with one attached hydrogen (secondary N) is 1. The van der Waals surface area contributed by atoms with Crippen LogP contribution in [-0.2, 0) is 16.1 Å². The number of halogens is 5. The number of alkyl halides is 5. The molecule has 1 rings (SSSR count). The molecule has 1 aromatic carbocycles. The van der Waals surface area contributed by atoms with Gasteiger partial charge in [0.15, 0.2) is 0 Å². The van der Waals surface area contributed by atoms with Crippen molar-refractivity contribution in [2.45, 2.75) is 44.5 Å². The zero-order valence-electron chi connectivity index (χ0n) is 13.2. The molecule has 0 bridgehead atoms. The number of hydrogen-bond acceptors (Lipinski definition) is 4. The molecule has 1 aromatic rings. The van der Waals surface area contributed by atoms with Crippen LogP contribution in [0.4, 0.5) is 22.0 Å². The fraction of sp³-hybridized carbons (Fsp3) is 0.571. The fourth-order valence-electron chi connectivity index (χ4n) is 1.59. The molecule has 1 N–H and O–H groups in total. The predicted molar refractivity (Wildman–Crippen MR) is 78.9 cm³/mol. The van der Waals surface area contributed by atoms with E-state index in [-0.39, 0.29) is 11.3 Å². The maximum atomic E-state index is 12.3. The van der Waals surface area contributed by atoms with E-state index in [1.165, 1.54) is 18.2 Å². The van der Waals surface area contributed by atoms with E-state index in [9.17, 15) is 26.5 Å². The maximum absolute atomic E-state index is 12.3. The van der Waals surface area contributed by atoms with E-state index in [2.05, 4.69) is 14.2 Å². The van der Waals surface area contributed by atoms with Gasteiger partial charge < -0.3 is 9.29 Å². The van der Waals surface area contributed by atoms with Gasteiger partial charge in [-0.1, -0.05) is 12.1 Å². The van der Waals surface area contributed by atoms with Crippen molar-refractivity contribution >= 4 is 11.4 Å². The Hall–Kier alpha value is -1.10. The van der Waals surface area contributed by atoms with Crippen LogP contribution in [0, 0.1) is 0 Å². The molecule has 0 aliphatic carbocycles. The second-order valence-corrected chi connectivity index (χ2v) is 7.76. The van der Waals surface area contributed by atoms with E-state index in [1.807, 2.05) is 0 Å². The third-order valence-corrected chi connectivity index (χ3v) is 4.32. The van der Waals surface area contributed by atoms with Gasteiger partial charge in [0.1, 0.15) is 16.5 Å². The SMILES string of the molecule is CC(C)(C)[S@@+]([O-])N[C@@H](COC(F)(F)F)c1cccc(OC(F)F)c1. The lowest BCUT2D eigenvalue weighted by Crippen LogP contribution is -2.43. The first-order chi connectivity index (χ1) is 10.9. The summed E-state index contributed by atoms with van der Waals surface area (Å²) in [7, 11) is 0. The fourth-order valence-corrected chi connectivity index (χ4v) is 2.41. The summed E-state index contributed by atoms with van der Waals surface area (Å²) in [5, 5.41) is 0. The van der Waals surface area contributed by atoms with E-state index >= 15 is 0 Å². The van der Waals surface area contributed by atoms with Crippen molar-refractivity contribution < 1.29 is 36.0 Å². The normalized spacial score (nSPS) is 15.4. The van der Waals surface area contributed by atoms with E-state index in [0.717, 1.165) is 6.07 Å². The zero-order chi connectivity index (χ0) is 18.5. The Morgan fingerprint density at radius 3 is 2.33 bits per heavy atom. The van der Waals surface area contributed by atoms with Crippen LogP contribution in [0.1, 0.15) is 32.4 Å². The van der Waals surface area contributed by atoms with Gasteiger partial charge in [0.2, 0.25) is 0 Å². The summed E-state index contributed by atoms with van der Waals surface area (Å²) in [6.07, 6.45) is -4.87. The van der Waals surface area contributed by atoms with Gasteiger partial charge >= 0.3 is 13.0 Å². The molecule has 0 radical (unpaired) electrons. The van der Waals surface area contributed by atoms with E-state index < -0.39 is 41.7 Å². The Kier molecular flexibility index (Phi) is 7.26. The summed E-state index contributed by atoms with van der Waals surface area (Å²) in [6, 6.07) is 3.99. The molecule has 138 valence electrons. The minimum atomic E-state index is -4.87. The summed E-state index contributed by atoms with van der Waals surface area (Å²) < 4.78 is 83.4. The second kappa shape index (κ2) is 8.32. The summed E-state index contributed by atoms with van der Waals surface area (Å²) in [4.78, 5) is 0. The first kappa shape index (κ1) is 20.9. The van der Waals surface area contributed by atoms with Gasteiger partial charge in [-0.25, -0.2) is 0 Å². The molecule has 24 heavy (non-hydrogen) atoms. The molecule has 4 nitrogen and oxygen atoms in total. The minimum Gasteiger partial charge on any atom is -0.598 e. The highest BCUT2D eigenvalue weighted by atomic mass is 32.2. The summed E-state index contributed by atoms with van der Waals surface area (Å²) in [5.74, 6) is -0.220. The van der Waals surface area contributed by atoms with Gasteiger partial charge in [0.25, 0.3) is 0 Å². The van der Waals surface area contributed by atoms with Crippen molar-refractivity contribution in [3.05, 3.63) is 29.8 Å². The average molecular weight is 375 g/mol. The smallest absolute Gasteiger partial charge is 0.522 e. The van der Waals surface area contributed by atoms with Crippen LogP contribution < -0.4 is 9.46 Å². The highest BCUT2D eigenvalue weighted by Crippen LogP contribution is 2.26. The van der Waals surface area contributed by atoms with Crippen molar-refractivity contribution in [3.8, 4) is 5.75 Å². The minimum absolute atomic E-state index is 0.176. The highest BCUT2D eigenvalue weighted by Gasteiger charge is 2.34. The van der Waals surface area contributed by atoms with Gasteiger partial charge in [0.05, 0.1) is 6.61 Å². The van der Waals surface area contributed by atoms with E-state index in [4.69, 9.17) is 0 Å². The van der Waals surface area contributed by atoms with Crippen LogP contribution in [0.25, 0.3) is 0 Å². The molecule has 0 heterocycles. The van der Waals surface area contributed by atoms with Crippen LogP contribution in [0.15, 0.2) is 24.3 Å². The standard InChI is InChI=1S/C14H18F5NO3S/c1-13(2,3)24(21)20-11(8-22-14(17,18)19)9-5-4-6-10(7-9)23-12(15)16/h4-7,11-12,20H,8H2,1-3H3/t11-,24+/m0/s1. The first-order valence-corrected chi connectivity index (χ1v) is 7.97.